The molecule has 1 heterocycles. The fraction of sp³-hybridized carbons (Fsp3) is 0.458. The molecule has 1 amide bonds. The van der Waals surface area contributed by atoms with Crippen LogP contribution < -0.4 is 0 Å². The van der Waals surface area contributed by atoms with E-state index in [1.807, 2.05) is 12.1 Å². The zero-order valence-corrected chi connectivity index (χ0v) is 16.1. The lowest BCUT2D eigenvalue weighted by atomic mass is 9.71. The maximum absolute atomic E-state index is 12.8. The van der Waals surface area contributed by atoms with E-state index < -0.39 is 5.60 Å². The quantitative estimate of drug-likeness (QED) is 0.834. The zero-order chi connectivity index (χ0) is 19.1. The van der Waals surface area contributed by atoms with Crippen molar-refractivity contribution >= 4 is 6.09 Å². The molecule has 2 aromatic rings. The third-order valence-corrected chi connectivity index (χ3v) is 7.02. The summed E-state index contributed by atoms with van der Waals surface area (Å²) in [4.78, 5) is 14.6. The van der Waals surface area contributed by atoms with Crippen LogP contribution in [0, 0.1) is 5.92 Å². The molecule has 0 radical (unpaired) electrons. The highest BCUT2D eigenvalue weighted by Crippen LogP contribution is 2.45. The molecule has 0 bridgehead atoms. The van der Waals surface area contributed by atoms with Gasteiger partial charge in [0.05, 0.1) is 5.60 Å². The van der Waals surface area contributed by atoms with E-state index in [1.165, 1.54) is 22.3 Å². The lowest BCUT2D eigenvalue weighted by Crippen LogP contribution is -2.54. The van der Waals surface area contributed by atoms with Gasteiger partial charge in [-0.15, -0.1) is 0 Å². The first-order valence-electron chi connectivity index (χ1n) is 10.5. The Balaban J connectivity index is 1.29. The van der Waals surface area contributed by atoms with Gasteiger partial charge in [0.25, 0.3) is 0 Å². The van der Waals surface area contributed by atoms with Gasteiger partial charge in [0.1, 0.15) is 6.61 Å². The molecule has 3 aliphatic rings. The fourth-order valence-electron chi connectivity index (χ4n) is 5.42. The molecule has 0 aromatic heterocycles. The molecule has 4 nitrogen and oxygen atoms in total. The number of piperidine rings is 1. The first-order valence-corrected chi connectivity index (χ1v) is 10.5. The summed E-state index contributed by atoms with van der Waals surface area (Å²) in [5.41, 5.74) is 4.38. The molecule has 1 saturated carbocycles. The number of fused-ring (bicyclic) bond motifs is 4. The van der Waals surface area contributed by atoms with Crippen LogP contribution in [0.4, 0.5) is 4.79 Å². The summed E-state index contributed by atoms with van der Waals surface area (Å²) >= 11 is 0. The standard InChI is InChI=1S/C24H27NO3/c26-23(25-14-13-24(27)12-6-5-7-17(24)15-25)28-16-22-20-10-3-1-8-18(20)19-9-2-4-11-21(19)22/h1-4,8-11,17,22,27H,5-7,12-16H2. The monoisotopic (exact) mass is 377 g/mol. The van der Waals surface area contributed by atoms with Gasteiger partial charge in [0, 0.05) is 24.9 Å². The summed E-state index contributed by atoms with van der Waals surface area (Å²) in [7, 11) is 0. The molecular weight excluding hydrogens is 350 g/mol. The molecule has 4 heteroatoms. The summed E-state index contributed by atoms with van der Waals surface area (Å²) in [5, 5.41) is 10.8. The number of carbonyl (C=O) groups is 1. The van der Waals surface area contributed by atoms with Gasteiger partial charge in [0.15, 0.2) is 0 Å². The molecule has 5 rings (SSSR count). The molecule has 2 atom stereocenters. The molecule has 28 heavy (non-hydrogen) atoms. The third kappa shape index (κ3) is 2.91. The van der Waals surface area contributed by atoms with Crippen molar-refractivity contribution in [3.8, 4) is 11.1 Å². The first kappa shape index (κ1) is 17.7. The topological polar surface area (TPSA) is 49.8 Å². The summed E-state index contributed by atoms with van der Waals surface area (Å²) < 4.78 is 5.80. The highest BCUT2D eigenvalue weighted by atomic mass is 16.6. The predicted molar refractivity (Wildman–Crippen MR) is 108 cm³/mol. The minimum atomic E-state index is -0.571. The number of aliphatic hydroxyl groups is 1. The van der Waals surface area contributed by atoms with Crippen LogP contribution in [0.5, 0.6) is 0 Å². The van der Waals surface area contributed by atoms with Crippen molar-refractivity contribution in [3.63, 3.8) is 0 Å². The SMILES string of the molecule is O=C(OCC1c2ccccc2-c2ccccc21)N1CCC2(O)CCCCC2C1. The van der Waals surface area contributed by atoms with E-state index in [9.17, 15) is 9.90 Å². The number of carbonyl (C=O) groups excluding carboxylic acids is 1. The van der Waals surface area contributed by atoms with E-state index in [0.29, 0.717) is 26.1 Å². The molecule has 1 aliphatic heterocycles. The number of nitrogens with zero attached hydrogens (tertiary/aromatic N) is 1. The zero-order valence-electron chi connectivity index (χ0n) is 16.1. The maximum atomic E-state index is 12.8. The molecule has 2 aromatic carbocycles. The highest BCUT2D eigenvalue weighted by molar-refractivity contribution is 5.79. The van der Waals surface area contributed by atoms with Gasteiger partial charge in [-0.25, -0.2) is 4.79 Å². The molecule has 2 unspecified atom stereocenters. The van der Waals surface area contributed by atoms with Gasteiger partial charge < -0.3 is 14.7 Å². The molecule has 2 fully saturated rings. The van der Waals surface area contributed by atoms with Crippen molar-refractivity contribution < 1.29 is 14.6 Å². The second-order valence-electron chi connectivity index (χ2n) is 8.55. The number of likely N-dealkylation sites (tertiary alicyclic amines) is 1. The fourth-order valence-corrected chi connectivity index (χ4v) is 5.42. The first-order chi connectivity index (χ1) is 13.7. The van der Waals surface area contributed by atoms with E-state index in [-0.39, 0.29) is 17.9 Å². The van der Waals surface area contributed by atoms with Crippen LogP contribution in [-0.2, 0) is 4.74 Å². The third-order valence-electron chi connectivity index (χ3n) is 7.02. The second kappa shape index (κ2) is 6.93. The average molecular weight is 377 g/mol. The van der Waals surface area contributed by atoms with Crippen molar-refractivity contribution in [2.24, 2.45) is 5.92 Å². The molecule has 0 spiro atoms. The normalized spacial score (nSPS) is 26.3. The van der Waals surface area contributed by atoms with Crippen molar-refractivity contribution in [1.29, 1.82) is 0 Å². The van der Waals surface area contributed by atoms with E-state index in [4.69, 9.17) is 4.74 Å². The lowest BCUT2D eigenvalue weighted by Gasteiger charge is -2.47. The highest BCUT2D eigenvalue weighted by Gasteiger charge is 2.44. The Hall–Kier alpha value is -2.33. The van der Waals surface area contributed by atoms with Crippen LogP contribution >= 0.6 is 0 Å². The summed E-state index contributed by atoms with van der Waals surface area (Å²) in [6.45, 7) is 1.56. The van der Waals surface area contributed by atoms with Crippen LogP contribution in [0.15, 0.2) is 48.5 Å². The van der Waals surface area contributed by atoms with Crippen LogP contribution in [0.25, 0.3) is 11.1 Å². The van der Waals surface area contributed by atoms with E-state index in [0.717, 1.165) is 25.7 Å². The maximum Gasteiger partial charge on any atom is 0.409 e. The van der Waals surface area contributed by atoms with Crippen molar-refractivity contribution in [2.75, 3.05) is 19.7 Å². The van der Waals surface area contributed by atoms with E-state index in [2.05, 4.69) is 36.4 Å². The van der Waals surface area contributed by atoms with Gasteiger partial charge in [-0.3, -0.25) is 0 Å². The van der Waals surface area contributed by atoms with Crippen molar-refractivity contribution in [3.05, 3.63) is 59.7 Å². The van der Waals surface area contributed by atoms with Crippen LogP contribution in [0.3, 0.4) is 0 Å². The largest absolute Gasteiger partial charge is 0.448 e. The number of ether oxygens (including phenoxy) is 1. The van der Waals surface area contributed by atoms with E-state index in [1.54, 1.807) is 4.90 Å². The average Bonchev–Trinajstić information content (AvgIpc) is 3.05. The number of amides is 1. The molecule has 146 valence electrons. The van der Waals surface area contributed by atoms with Gasteiger partial charge in [-0.1, -0.05) is 61.4 Å². The number of benzene rings is 2. The Kier molecular flexibility index (Phi) is 4.39. The molecule has 1 N–H and O–H groups in total. The second-order valence-corrected chi connectivity index (χ2v) is 8.55. The van der Waals surface area contributed by atoms with Gasteiger partial charge in [-0.05, 0) is 41.5 Å². The van der Waals surface area contributed by atoms with E-state index >= 15 is 0 Å². The van der Waals surface area contributed by atoms with Gasteiger partial charge in [0.2, 0.25) is 0 Å². The Morgan fingerprint density at radius 1 is 1.04 bits per heavy atom. The Bertz CT molecular complexity index is 849. The van der Waals surface area contributed by atoms with Crippen LogP contribution in [0.2, 0.25) is 0 Å². The molecule has 1 saturated heterocycles. The summed E-state index contributed by atoms with van der Waals surface area (Å²) in [5.74, 6) is 0.281. The smallest absolute Gasteiger partial charge is 0.409 e. The predicted octanol–water partition coefficient (Wildman–Crippen LogP) is 4.56. The lowest BCUT2D eigenvalue weighted by molar-refractivity contribution is -0.0915. The number of rotatable bonds is 2. The molecular formula is C24H27NO3. The number of hydrogen-bond acceptors (Lipinski definition) is 3. The minimum Gasteiger partial charge on any atom is -0.448 e. The summed E-state index contributed by atoms with van der Waals surface area (Å²) in [6, 6.07) is 16.8. The minimum absolute atomic E-state index is 0.0905. The van der Waals surface area contributed by atoms with Crippen LogP contribution in [-0.4, -0.2) is 41.4 Å². The van der Waals surface area contributed by atoms with Gasteiger partial charge >= 0.3 is 6.09 Å². The Morgan fingerprint density at radius 3 is 2.43 bits per heavy atom. The van der Waals surface area contributed by atoms with Crippen molar-refractivity contribution in [2.45, 2.75) is 43.6 Å². The van der Waals surface area contributed by atoms with Crippen LogP contribution in [0.1, 0.15) is 49.1 Å². The Morgan fingerprint density at radius 2 is 1.71 bits per heavy atom. The Labute approximate surface area is 166 Å². The van der Waals surface area contributed by atoms with Gasteiger partial charge in [-0.2, -0.15) is 0 Å². The number of hydrogen-bond donors (Lipinski definition) is 1. The molecule has 2 aliphatic carbocycles. The van der Waals surface area contributed by atoms with Crippen molar-refractivity contribution in [1.82, 2.24) is 4.90 Å². The summed E-state index contributed by atoms with van der Waals surface area (Å²) in [6.07, 6.45) is 4.54.